The largest absolute Gasteiger partial charge is 0.485 e. The molecule has 21 heavy (non-hydrogen) atoms. The zero-order chi connectivity index (χ0) is 14.7. The smallest absolute Gasteiger partial charge is 0.162 e. The van der Waals surface area contributed by atoms with Gasteiger partial charge in [0.2, 0.25) is 0 Å². The van der Waals surface area contributed by atoms with Crippen LogP contribution in [0.15, 0.2) is 46.9 Å². The molecular formula is C16H15BrClNO2. The molecule has 1 N–H and O–H groups in total. The molecule has 0 radical (unpaired) electrons. The van der Waals surface area contributed by atoms with Crippen LogP contribution in [0.25, 0.3) is 0 Å². The fourth-order valence-corrected chi connectivity index (χ4v) is 2.56. The summed E-state index contributed by atoms with van der Waals surface area (Å²) in [7, 11) is 0. The van der Waals surface area contributed by atoms with Crippen LogP contribution in [0.2, 0.25) is 5.02 Å². The second-order valence-corrected chi connectivity index (χ2v) is 6.26. The van der Waals surface area contributed by atoms with Crippen LogP contribution in [0.4, 0.5) is 0 Å². The summed E-state index contributed by atoms with van der Waals surface area (Å²) in [6, 6.07) is 13.5. The van der Waals surface area contributed by atoms with E-state index in [0.717, 1.165) is 34.6 Å². The van der Waals surface area contributed by atoms with Gasteiger partial charge in [0.1, 0.15) is 12.7 Å². The Morgan fingerprint density at radius 3 is 2.71 bits per heavy atom. The standard InChI is InChI=1S/C16H15BrClNO2/c17-12-4-5-15(21-14-8-19-9-14)16(7-12)20-10-11-2-1-3-13(18)6-11/h1-7,14,19H,8-10H2. The average Bonchev–Trinajstić information content (AvgIpc) is 2.42. The Kier molecular flexibility index (Phi) is 4.68. The summed E-state index contributed by atoms with van der Waals surface area (Å²) >= 11 is 9.45. The molecule has 0 spiro atoms. The molecule has 110 valence electrons. The Hall–Kier alpha value is -1.23. The Labute approximate surface area is 137 Å². The van der Waals surface area contributed by atoms with E-state index in [1.807, 2.05) is 42.5 Å². The third-order valence-corrected chi connectivity index (χ3v) is 3.96. The molecule has 1 aliphatic heterocycles. The molecule has 1 saturated heterocycles. The fraction of sp³-hybridized carbons (Fsp3) is 0.250. The second-order valence-electron chi connectivity index (χ2n) is 4.91. The Morgan fingerprint density at radius 1 is 1.14 bits per heavy atom. The highest BCUT2D eigenvalue weighted by molar-refractivity contribution is 9.10. The zero-order valence-corrected chi connectivity index (χ0v) is 13.7. The molecule has 2 aromatic carbocycles. The van der Waals surface area contributed by atoms with Crippen molar-refractivity contribution in [3.63, 3.8) is 0 Å². The van der Waals surface area contributed by atoms with Gasteiger partial charge in [-0.15, -0.1) is 0 Å². The van der Waals surface area contributed by atoms with Crippen molar-refractivity contribution in [3.05, 3.63) is 57.5 Å². The molecule has 1 fully saturated rings. The van der Waals surface area contributed by atoms with Gasteiger partial charge in [-0.3, -0.25) is 0 Å². The first kappa shape index (κ1) is 14.7. The first-order valence-corrected chi connectivity index (χ1v) is 7.92. The number of halogens is 2. The molecule has 2 aromatic rings. The monoisotopic (exact) mass is 367 g/mol. The maximum atomic E-state index is 5.98. The number of hydrogen-bond donors (Lipinski definition) is 1. The highest BCUT2D eigenvalue weighted by atomic mass is 79.9. The van der Waals surface area contributed by atoms with E-state index in [0.29, 0.717) is 11.6 Å². The van der Waals surface area contributed by atoms with E-state index < -0.39 is 0 Å². The highest BCUT2D eigenvalue weighted by Crippen LogP contribution is 2.32. The Balaban J connectivity index is 1.72. The lowest BCUT2D eigenvalue weighted by atomic mass is 10.2. The Morgan fingerprint density at radius 2 is 2.00 bits per heavy atom. The van der Waals surface area contributed by atoms with E-state index in [1.54, 1.807) is 0 Å². The minimum Gasteiger partial charge on any atom is -0.485 e. The van der Waals surface area contributed by atoms with Gasteiger partial charge < -0.3 is 14.8 Å². The van der Waals surface area contributed by atoms with Crippen molar-refractivity contribution < 1.29 is 9.47 Å². The minimum absolute atomic E-state index is 0.222. The lowest BCUT2D eigenvalue weighted by molar-refractivity contribution is 0.134. The zero-order valence-electron chi connectivity index (χ0n) is 11.3. The third-order valence-electron chi connectivity index (χ3n) is 3.23. The van der Waals surface area contributed by atoms with Crippen LogP contribution >= 0.6 is 27.5 Å². The molecule has 1 heterocycles. The molecule has 0 unspecified atom stereocenters. The van der Waals surface area contributed by atoms with Crippen molar-refractivity contribution in [1.82, 2.24) is 5.32 Å². The summed E-state index contributed by atoms with van der Waals surface area (Å²) in [4.78, 5) is 0. The lowest BCUT2D eigenvalue weighted by Gasteiger charge is -2.28. The van der Waals surface area contributed by atoms with Crippen LogP contribution < -0.4 is 14.8 Å². The number of nitrogens with one attached hydrogen (secondary N) is 1. The van der Waals surface area contributed by atoms with E-state index in [-0.39, 0.29) is 6.10 Å². The molecule has 0 aromatic heterocycles. The molecule has 0 atom stereocenters. The maximum absolute atomic E-state index is 5.98. The molecule has 3 nitrogen and oxygen atoms in total. The van der Waals surface area contributed by atoms with E-state index in [2.05, 4.69) is 21.2 Å². The van der Waals surface area contributed by atoms with E-state index in [4.69, 9.17) is 21.1 Å². The van der Waals surface area contributed by atoms with Crippen molar-refractivity contribution in [3.8, 4) is 11.5 Å². The summed E-state index contributed by atoms with van der Waals surface area (Å²) in [6.45, 7) is 2.21. The van der Waals surface area contributed by atoms with Gasteiger partial charge in [0.15, 0.2) is 11.5 Å². The SMILES string of the molecule is Clc1cccc(COc2cc(Br)ccc2OC2CNC2)c1. The van der Waals surface area contributed by atoms with Crippen LogP contribution in [0, 0.1) is 0 Å². The van der Waals surface area contributed by atoms with Gasteiger partial charge in [-0.1, -0.05) is 39.7 Å². The van der Waals surface area contributed by atoms with Crippen LogP contribution in [-0.2, 0) is 6.61 Å². The van der Waals surface area contributed by atoms with Crippen molar-refractivity contribution >= 4 is 27.5 Å². The van der Waals surface area contributed by atoms with Gasteiger partial charge in [0.25, 0.3) is 0 Å². The van der Waals surface area contributed by atoms with Crippen LogP contribution in [0.3, 0.4) is 0 Å². The molecule has 1 aliphatic rings. The van der Waals surface area contributed by atoms with Gasteiger partial charge in [-0.2, -0.15) is 0 Å². The number of benzene rings is 2. The van der Waals surface area contributed by atoms with Crippen molar-refractivity contribution in [1.29, 1.82) is 0 Å². The summed E-state index contributed by atoms with van der Waals surface area (Å²) in [6.07, 6.45) is 0.222. The van der Waals surface area contributed by atoms with Crippen molar-refractivity contribution in [2.75, 3.05) is 13.1 Å². The van der Waals surface area contributed by atoms with Crippen LogP contribution in [0.5, 0.6) is 11.5 Å². The van der Waals surface area contributed by atoms with Crippen LogP contribution in [-0.4, -0.2) is 19.2 Å². The molecular weight excluding hydrogens is 354 g/mol. The highest BCUT2D eigenvalue weighted by Gasteiger charge is 2.20. The van der Waals surface area contributed by atoms with Crippen LogP contribution in [0.1, 0.15) is 5.56 Å². The van der Waals surface area contributed by atoms with E-state index >= 15 is 0 Å². The topological polar surface area (TPSA) is 30.5 Å². The molecule has 0 aliphatic carbocycles. The number of rotatable bonds is 5. The molecule has 5 heteroatoms. The van der Waals surface area contributed by atoms with Gasteiger partial charge in [0.05, 0.1) is 0 Å². The van der Waals surface area contributed by atoms with Gasteiger partial charge in [-0.25, -0.2) is 0 Å². The quantitative estimate of drug-likeness (QED) is 0.864. The maximum Gasteiger partial charge on any atom is 0.162 e. The molecule has 0 bridgehead atoms. The molecule has 0 amide bonds. The van der Waals surface area contributed by atoms with Crippen molar-refractivity contribution in [2.24, 2.45) is 0 Å². The first-order valence-electron chi connectivity index (χ1n) is 6.75. The second kappa shape index (κ2) is 6.69. The van der Waals surface area contributed by atoms with Gasteiger partial charge >= 0.3 is 0 Å². The summed E-state index contributed by atoms with van der Waals surface area (Å²) in [5.41, 5.74) is 1.03. The van der Waals surface area contributed by atoms with E-state index in [9.17, 15) is 0 Å². The molecule has 3 rings (SSSR count). The summed E-state index contributed by atoms with van der Waals surface area (Å²) in [5, 5.41) is 3.90. The summed E-state index contributed by atoms with van der Waals surface area (Å²) in [5.74, 6) is 1.50. The minimum atomic E-state index is 0.222. The van der Waals surface area contributed by atoms with Gasteiger partial charge in [0, 0.05) is 22.6 Å². The van der Waals surface area contributed by atoms with Gasteiger partial charge in [-0.05, 0) is 35.9 Å². The average molecular weight is 369 g/mol. The number of hydrogen-bond acceptors (Lipinski definition) is 3. The first-order chi connectivity index (χ1) is 10.2. The lowest BCUT2D eigenvalue weighted by Crippen LogP contribution is -2.50. The molecule has 0 saturated carbocycles. The Bertz CT molecular complexity index is 631. The number of ether oxygens (including phenoxy) is 2. The van der Waals surface area contributed by atoms with E-state index in [1.165, 1.54) is 0 Å². The summed E-state index contributed by atoms with van der Waals surface area (Å²) < 4.78 is 12.8. The predicted octanol–water partition coefficient (Wildman–Crippen LogP) is 4.03. The fourth-order valence-electron chi connectivity index (χ4n) is 2.00. The normalized spacial score (nSPS) is 14.6. The third kappa shape index (κ3) is 3.90. The predicted molar refractivity (Wildman–Crippen MR) is 87.2 cm³/mol. The van der Waals surface area contributed by atoms with Crippen molar-refractivity contribution in [2.45, 2.75) is 12.7 Å².